The molecule has 0 aliphatic heterocycles. The third kappa shape index (κ3) is 4.06. The predicted molar refractivity (Wildman–Crippen MR) is 78.4 cm³/mol. The van der Waals surface area contributed by atoms with Crippen LogP contribution in [0.2, 0.25) is 0 Å². The molecule has 2 rings (SSSR count). The molecule has 1 aromatic heterocycles. The zero-order valence-electron chi connectivity index (χ0n) is 12.1. The van der Waals surface area contributed by atoms with Crippen molar-refractivity contribution in [3.8, 4) is 5.75 Å². The zero-order chi connectivity index (χ0) is 14.4. The Bertz CT molecular complexity index is 536. The standard InChI is InChI=1S/C15H22N4O/c1-12(2)9-19-15(17-11-18-19)10-20-14-5-3-4-13(8-14)6-7-16/h3-5,8,11-12H,6-7,9-10,16H2,1-2H3. The molecule has 0 spiro atoms. The molecule has 0 aliphatic rings. The number of nitrogens with two attached hydrogens (primary N) is 1. The minimum atomic E-state index is 0.429. The fourth-order valence-electron chi connectivity index (χ4n) is 2.00. The molecule has 108 valence electrons. The maximum absolute atomic E-state index is 5.80. The number of hydrogen-bond acceptors (Lipinski definition) is 4. The molecule has 2 aromatic rings. The van der Waals surface area contributed by atoms with Crippen LogP contribution < -0.4 is 10.5 Å². The van der Waals surface area contributed by atoms with Crippen molar-refractivity contribution in [1.82, 2.24) is 14.8 Å². The van der Waals surface area contributed by atoms with Crippen molar-refractivity contribution in [3.05, 3.63) is 42.0 Å². The highest BCUT2D eigenvalue weighted by molar-refractivity contribution is 5.28. The van der Waals surface area contributed by atoms with Gasteiger partial charge in [-0.1, -0.05) is 26.0 Å². The number of benzene rings is 1. The van der Waals surface area contributed by atoms with Gasteiger partial charge >= 0.3 is 0 Å². The van der Waals surface area contributed by atoms with E-state index in [0.29, 0.717) is 19.1 Å². The molecule has 0 aliphatic carbocycles. The largest absolute Gasteiger partial charge is 0.486 e. The Kier molecular flexibility index (Phi) is 5.12. The van der Waals surface area contributed by atoms with E-state index in [9.17, 15) is 0 Å². The summed E-state index contributed by atoms with van der Waals surface area (Å²) < 4.78 is 7.69. The summed E-state index contributed by atoms with van der Waals surface area (Å²) in [4.78, 5) is 4.25. The van der Waals surface area contributed by atoms with E-state index in [1.54, 1.807) is 6.33 Å². The summed E-state index contributed by atoms with van der Waals surface area (Å²) in [5, 5.41) is 4.22. The minimum absolute atomic E-state index is 0.429. The second-order valence-electron chi connectivity index (χ2n) is 5.23. The molecule has 0 bridgehead atoms. The van der Waals surface area contributed by atoms with Gasteiger partial charge in [0.15, 0.2) is 5.82 Å². The van der Waals surface area contributed by atoms with Gasteiger partial charge in [0.05, 0.1) is 0 Å². The Morgan fingerprint density at radius 2 is 2.20 bits per heavy atom. The molecule has 1 heterocycles. The number of aromatic nitrogens is 3. The number of hydrogen-bond donors (Lipinski definition) is 1. The van der Waals surface area contributed by atoms with Gasteiger partial charge in [0.1, 0.15) is 18.7 Å². The van der Waals surface area contributed by atoms with E-state index in [1.807, 2.05) is 22.9 Å². The van der Waals surface area contributed by atoms with E-state index in [2.05, 4.69) is 30.0 Å². The van der Waals surface area contributed by atoms with Crippen LogP contribution in [0.15, 0.2) is 30.6 Å². The minimum Gasteiger partial charge on any atom is -0.486 e. The Morgan fingerprint density at radius 3 is 2.95 bits per heavy atom. The fraction of sp³-hybridized carbons (Fsp3) is 0.467. The van der Waals surface area contributed by atoms with E-state index in [4.69, 9.17) is 10.5 Å². The van der Waals surface area contributed by atoms with E-state index in [-0.39, 0.29) is 0 Å². The van der Waals surface area contributed by atoms with Crippen molar-refractivity contribution >= 4 is 0 Å². The van der Waals surface area contributed by atoms with Crippen LogP contribution >= 0.6 is 0 Å². The van der Waals surface area contributed by atoms with Gasteiger partial charge in [0.2, 0.25) is 0 Å². The van der Waals surface area contributed by atoms with Gasteiger partial charge in [-0.2, -0.15) is 5.10 Å². The molecule has 5 heteroatoms. The molecule has 0 radical (unpaired) electrons. The molecule has 0 amide bonds. The summed E-state index contributed by atoms with van der Waals surface area (Å²) in [6.45, 7) is 6.24. The lowest BCUT2D eigenvalue weighted by Crippen LogP contribution is -2.12. The van der Waals surface area contributed by atoms with Crippen LogP contribution in [0.1, 0.15) is 25.2 Å². The highest BCUT2D eigenvalue weighted by Gasteiger charge is 2.07. The van der Waals surface area contributed by atoms with E-state index in [1.165, 1.54) is 5.56 Å². The average Bonchev–Trinajstić information content (AvgIpc) is 2.84. The summed E-state index contributed by atoms with van der Waals surface area (Å²) in [6.07, 6.45) is 2.44. The van der Waals surface area contributed by atoms with Crippen LogP contribution in [-0.2, 0) is 19.6 Å². The molecule has 0 saturated carbocycles. The quantitative estimate of drug-likeness (QED) is 0.838. The Labute approximate surface area is 119 Å². The van der Waals surface area contributed by atoms with Gasteiger partial charge in [-0.05, 0) is 36.6 Å². The number of ether oxygens (including phenoxy) is 1. The van der Waals surface area contributed by atoms with Gasteiger partial charge in [-0.3, -0.25) is 0 Å². The molecule has 2 N–H and O–H groups in total. The third-order valence-corrected chi connectivity index (χ3v) is 2.93. The highest BCUT2D eigenvalue weighted by Crippen LogP contribution is 2.15. The molecule has 0 unspecified atom stereocenters. The van der Waals surface area contributed by atoms with Crippen LogP contribution in [0, 0.1) is 5.92 Å². The van der Waals surface area contributed by atoms with Crippen molar-refractivity contribution in [2.24, 2.45) is 11.7 Å². The van der Waals surface area contributed by atoms with Crippen molar-refractivity contribution in [2.75, 3.05) is 6.54 Å². The monoisotopic (exact) mass is 274 g/mol. The molecule has 0 saturated heterocycles. The van der Waals surface area contributed by atoms with E-state index in [0.717, 1.165) is 24.5 Å². The van der Waals surface area contributed by atoms with Gasteiger partial charge in [-0.15, -0.1) is 0 Å². The number of rotatable bonds is 7. The molecule has 1 aromatic carbocycles. The lowest BCUT2D eigenvalue weighted by atomic mass is 10.1. The van der Waals surface area contributed by atoms with Crippen LogP contribution in [0.25, 0.3) is 0 Å². The van der Waals surface area contributed by atoms with Gasteiger partial charge < -0.3 is 10.5 Å². The Balaban J connectivity index is 1.98. The number of nitrogens with zero attached hydrogens (tertiary/aromatic N) is 3. The maximum Gasteiger partial charge on any atom is 0.164 e. The SMILES string of the molecule is CC(C)Cn1ncnc1COc1cccc(CCN)c1. The molecule has 0 atom stereocenters. The predicted octanol–water partition coefficient (Wildman–Crippen LogP) is 2.01. The normalized spacial score (nSPS) is 11.0. The Hall–Kier alpha value is -1.88. The topological polar surface area (TPSA) is 66.0 Å². The Morgan fingerprint density at radius 1 is 1.35 bits per heavy atom. The van der Waals surface area contributed by atoms with Gasteiger partial charge in [-0.25, -0.2) is 9.67 Å². The van der Waals surface area contributed by atoms with Crippen LogP contribution in [0.5, 0.6) is 5.75 Å². The first-order valence-corrected chi connectivity index (χ1v) is 6.97. The summed E-state index contributed by atoms with van der Waals surface area (Å²) in [5.74, 6) is 2.22. The van der Waals surface area contributed by atoms with Crippen LogP contribution in [-0.4, -0.2) is 21.3 Å². The lowest BCUT2D eigenvalue weighted by Gasteiger charge is -2.10. The molecule has 20 heavy (non-hydrogen) atoms. The molecule has 5 nitrogen and oxygen atoms in total. The van der Waals surface area contributed by atoms with Crippen molar-refractivity contribution in [2.45, 2.75) is 33.4 Å². The lowest BCUT2D eigenvalue weighted by molar-refractivity contribution is 0.282. The molecule has 0 fully saturated rings. The summed E-state index contributed by atoms with van der Waals surface area (Å²) in [7, 11) is 0. The summed E-state index contributed by atoms with van der Waals surface area (Å²) in [6, 6.07) is 8.01. The van der Waals surface area contributed by atoms with E-state index < -0.39 is 0 Å². The summed E-state index contributed by atoms with van der Waals surface area (Å²) in [5.41, 5.74) is 6.75. The van der Waals surface area contributed by atoms with Crippen LogP contribution in [0.4, 0.5) is 0 Å². The second kappa shape index (κ2) is 7.05. The van der Waals surface area contributed by atoms with Crippen molar-refractivity contribution < 1.29 is 4.74 Å². The third-order valence-electron chi connectivity index (χ3n) is 2.93. The van der Waals surface area contributed by atoms with E-state index >= 15 is 0 Å². The first-order chi connectivity index (χ1) is 9.69. The molecular weight excluding hydrogens is 252 g/mol. The zero-order valence-corrected chi connectivity index (χ0v) is 12.1. The van der Waals surface area contributed by atoms with Gasteiger partial charge in [0, 0.05) is 6.54 Å². The fourth-order valence-corrected chi connectivity index (χ4v) is 2.00. The van der Waals surface area contributed by atoms with Crippen molar-refractivity contribution in [1.29, 1.82) is 0 Å². The van der Waals surface area contributed by atoms with Gasteiger partial charge in [0.25, 0.3) is 0 Å². The van der Waals surface area contributed by atoms with Crippen molar-refractivity contribution in [3.63, 3.8) is 0 Å². The first kappa shape index (κ1) is 14.5. The molecular formula is C15H22N4O. The first-order valence-electron chi connectivity index (χ1n) is 6.97. The smallest absolute Gasteiger partial charge is 0.164 e. The second-order valence-corrected chi connectivity index (χ2v) is 5.23. The average molecular weight is 274 g/mol. The summed E-state index contributed by atoms with van der Waals surface area (Å²) >= 11 is 0. The van der Waals surface area contributed by atoms with Crippen LogP contribution in [0.3, 0.4) is 0 Å². The maximum atomic E-state index is 5.80. The highest BCUT2D eigenvalue weighted by atomic mass is 16.5.